The van der Waals surface area contributed by atoms with E-state index < -0.39 is 0 Å². The maximum atomic E-state index is 8.95. The first-order valence-corrected chi connectivity index (χ1v) is 4.91. The summed E-state index contributed by atoms with van der Waals surface area (Å²) < 4.78 is 6.66. The molecule has 0 aliphatic carbocycles. The number of nitrogens with two attached hydrogens (primary N) is 1. The first-order valence-electron chi connectivity index (χ1n) is 4.91. The van der Waals surface area contributed by atoms with Gasteiger partial charge in [-0.3, -0.25) is 0 Å². The molecule has 0 aliphatic heterocycles. The molecule has 1 aromatic rings. The third-order valence-corrected chi connectivity index (χ3v) is 2.42. The summed E-state index contributed by atoms with van der Waals surface area (Å²) in [4.78, 5) is 0. The third-order valence-electron chi connectivity index (χ3n) is 2.42. The Morgan fingerprint density at radius 1 is 1.67 bits per heavy atom. The highest BCUT2D eigenvalue weighted by molar-refractivity contribution is 5.52. The van der Waals surface area contributed by atoms with Gasteiger partial charge in [0.2, 0.25) is 0 Å². The van der Waals surface area contributed by atoms with Crippen LogP contribution in [0, 0.1) is 11.3 Å². The second-order valence-corrected chi connectivity index (χ2v) is 3.45. The lowest BCUT2D eigenvalue weighted by Crippen LogP contribution is -2.09. The van der Waals surface area contributed by atoms with Crippen LogP contribution in [-0.2, 0) is 11.3 Å². The van der Waals surface area contributed by atoms with E-state index in [-0.39, 0.29) is 6.04 Å². The molecular formula is C10H16N4O. The molecule has 0 amide bonds. The van der Waals surface area contributed by atoms with Crippen LogP contribution in [0.15, 0.2) is 0 Å². The van der Waals surface area contributed by atoms with Crippen molar-refractivity contribution >= 4 is 5.82 Å². The molecule has 0 saturated heterocycles. The van der Waals surface area contributed by atoms with Gasteiger partial charge in [0.05, 0.1) is 12.6 Å². The minimum Gasteiger partial charge on any atom is -0.383 e. The minimum atomic E-state index is 0.197. The number of nitriles is 1. The van der Waals surface area contributed by atoms with Gasteiger partial charge in [0, 0.05) is 7.11 Å². The zero-order chi connectivity index (χ0) is 11.4. The molecule has 0 aromatic carbocycles. The molecule has 0 fully saturated rings. The van der Waals surface area contributed by atoms with Gasteiger partial charge in [-0.05, 0) is 13.3 Å². The van der Waals surface area contributed by atoms with Crippen LogP contribution < -0.4 is 5.73 Å². The molecule has 0 bridgehead atoms. The average molecular weight is 208 g/mol. The van der Waals surface area contributed by atoms with Gasteiger partial charge in [-0.2, -0.15) is 10.4 Å². The summed E-state index contributed by atoms with van der Waals surface area (Å²) in [5.74, 6) is 0.430. The van der Waals surface area contributed by atoms with Crippen LogP contribution in [0.3, 0.4) is 0 Å². The second-order valence-electron chi connectivity index (χ2n) is 3.45. The zero-order valence-corrected chi connectivity index (χ0v) is 9.32. The molecule has 0 unspecified atom stereocenters. The van der Waals surface area contributed by atoms with Crippen molar-refractivity contribution < 1.29 is 4.74 Å². The highest BCUT2D eigenvalue weighted by atomic mass is 16.5. The Hall–Kier alpha value is -1.54. The van der Waals surface area contributed by atoms with Crippen molar-refractivity contribution in [1.29, 1.82) is 5.26 Å². The second kappa shape index (κ2) is 4.80. The van der Waals surface area contributed by atoms with Crippen LogP contribution in [0.4, 0.5) is 5.82 Å². The topological polar surface area (TPSA) is 76.9 Å². The normalized spacial score (nSPS) is 12.4. The van der Waals surface area contributed by atoms with Gasteiger partial charge in [0.25, 0.3) is 0 Å². The van der Waals surface area contributed by atoms with Crippen molar-refractivity contribution in [2.45, 2.75) is 32.9 Å². The molecule has 2 N–H and O–H groups in total. The van der Waals surface area contributed by atoms with E-state index >= 15 is 0 Å². The Balaban J connectivity index is 3.16. The molecular weight excluding hydrogens is 192 g/mol. The summed E-state index contributed by atoms with van der Waals surface area (Å²) in [5, 5.41) is 13.2. The number of hydrogen-bond donors (Lipinski definition) is 1. The van der Waals surface area contributed by atoms with Gasteiger partial charge in [-0.1, -0.05) is 6.92 Å². The standard InChI is InChI=1S/C10H16N4O/c1-4-7(2)14-10(12)8(5-11)9(13-14)6-15-3/h7H,4,6,12H2,1-3H3/t7-/m0/s1. The number of nitrogen functional groups attached to an aromatic ring is 1. The zero-order valence-electron chi connectivity index (χ0n) is 9.32. The Labute approximate surface area is 89.4 Å². The summed E-state index contributed by atoms with van der Waals surface area (Å²) in [6.07, 6.45) is 0.920. The molecule has 5 heteroatoms. The van der Waals surface area contributed by atoms with E-state index in [1.54, 1.807) is 11.8 Å². The molecule has 0 spiro atoms. The van der Waals surface area contributed by atoms with Gasteiger partial charge < -0.3 is 10.5 Å². The van der Waals surface area contributed by atoms with Crippen molar-refractivity contribution in [3.8, 4) is 6.07 Å². The first-order chi connectivity index (χ1) is 7.15. The number of ether oxygens (including phenoxy) is 1. The third kappa shape index (κ3) is 2.10. The molecule has 1 rings (SSSR count). The fraction of sp³-hybridized carbons (Fsp3) is 0.600. The van der Waals surface area contributed by atoms with Gasteiger partial charge >= 0.3 is 0 Å². The average Bonchev–Trinajstić information content (AvgIpc) is 2.55. The summed E-state index contributed by atoms with van der Waals surface area (Å²) in [5.41, 5.74) is 6.88. The predicted octanol–water partition coefficient (Wildman–Crippen LogP) is 1.45. The van der Waals surface area contributed by atoms with E-state index in [0.717, 1.165) is 6.42 Å². The van der Waals surface area contributed by atoms with Crippen molar-refractivity contribution in [3.05, 3.63) is 11.3 Å². The first kappa shape index (κ1) is 11.5. The van der Waals surface area contributed by atoms with E-state index in [1.807, 2.05) is 13.8 Å². The van der Waals surface area contributed by atoms with Crippen LogP contribution in [-0.4, -0.2) is 16.9 Å². The lowest BCUT2D eigenvalue weighted by molar-refractivity contribution is 0.180. The number of anilines is 1. The van der Waals surface area contributed by atoms with Crippen LogP contribution in [0.5, 0.6) is 0 Å². The van der Waals surface area contributed by atoms with E-state index in [0.29, 0.717) is 23.7 Å². The molecule has 1 atom stereocenters. The molecule has 0 radical (unpaired) electrons. The molecule has 0 saturated carbocycles. The number of nitrogens with zero attached hydrogens (tertiary/aromatic N) is 3. The van der Waals surface area contributed by atoms with Gasteiger partial charge in [0.15, 0.2) is 0 Å². The highest BCUT2D eigenvalue weighted by Crippen LogP contribution is 2.21. The van der Waals surface area contributed by atoms with Crippen LogP contribution >= 0.6 is 0 Å². The summed E-state index contributed by atoms with van der Waals surface area (Å²) in [6.45, 7) is 4.38. The maximum Gasteiger partial charge on any atom is 0.140 e. The Morgan fingerprint density at radius 2 is 2.33 bits per heavy atom. The van der Waals surface area contributed by atoms with E-state index in [9.17, 15) is 0 Å². The van der Waals surface area contributed by atoms with Crippen LogP contribution in [0.2, 0.25) is 0 Å². The molecule has 15 heavy (non-hydrogen) atoms. The van der Waals surface area contributed by atoms with E-state index in [4.69, 9.17) is 15.7 Å². The summed E-state index contributed by atoms with van der Waals surface area (Å²) in [6, 6.07) is 2.26. The van der Waals surface area contributed by atoms with Crippen molar-refractivity contribution in [1.82, 2.24) is 9.78 Å². The molecule has 82 valence electrons. The lowest BCUT2D eigenvalue weighted by atomic mass is 10.2. The summed E-state index contributed by atoms with van der Waals surface area (Å²) in [7, 11) is 1.57. The quantitative estimate of drug-likeness (QED) is 0.812. The number of methoxy groups -OCH3 is 1. The molecule has 1 heterocycles. The molecule has 0 aliphatic rings. The lowest BCUT2D eigenvalue weighted by Gasteiger charge is -2.10. The van der Waals surface area contributed by atoms with Crippen molar-refractivity contribution in [2.75, 3.05) is 12.8 Å². The Morgan fingerprint density at radius 3 is 2.80 bits per heavy atom. The minimum absolute atomic E-state index is 0.197. The van der Waals surface area contributed by atoms with Crippen LogP contribution in [0.1, 0.15) is 37.6 Å². The Bertz CT molecular complexity index is 378. The fourth-order valence-electron chi connectivity index (χ4n) is 1.36. The largest absolute Gasteiger partial charge is 0.383 e. The van der Waals surface area contributed by atoms with E-state index in [2.05, 4.69) is 11.2 Å². The van der Waals surface area contributed by atoms with Crippen LogP contribution in [0.25, 0.3) is 0 Å². The van der Waals surface area contributed by atoms with Gasteiger partial charge in [0.1, 0.15) is 23.1 Å². The highest BCUT2D eigenvalue weighted by Gasteiger charge is 2.17. The van der Waals surface area contributed by atoms with E-state index in [1.165, 1.54) is 0 Å². The van der Waals surface area contributed by atoms with Crippen molar-refractivity contribution in [2.24, 2.45) is 0 Å². The summed E-state index contributed by atoms with van der Waals surface area (Å²) >= 11 is 0. The smallest absolute Gasteiger partial charge is 0.140 e. The number of hydrogen-bond acceptors (Lipinski definition) is 4. The van der Waals surface area contributed by atoms with Gasteiger partial charge in [-0.25, -0.2) is 4.68 Å². The fourth-order valence-corrected chi connectivity index (χ4v) is 1.36. The SMILES string of the molecule is CC[C@H](C)n1nc(COC)c(C#N)c1N. The number of aromatic nitrogens is 2. The Kier molecular flexibility index (Phi) is 3.69. The molecule has 1 aromatic heterocycles. The van der Waals surface area contributed by atoms with Crippen molar-refractivity contribution in [3.63, 3.8) is 0 Å². The predicted molar refractivity (Wildman–Crippen MR) is 57.1 cm³/mol. The molecule has 5 nitrogen and oxygen atoms in total. The van der Waals surface area contributed by atoms with Gasteiger partial charge in [-0.15, -0.1) is 0 Å². The number of rotatable bonds is 4. The monoisotopic (exact) mass is 208 g/mol. The maximum absolute atomic E-state index is 8.95.